The second-order valence-corrected chi connectivity index (χ2v) is 7.71. The van der Waals surface area contributed by atoms with Crippen LogP contribution in [0.4, 0.5) is 0 Å². The molecule has 1 saturated heterocycles. The summed E-state index contributed by atoms with van der Waals surface area (Å²) in [5, 5.41) is 18.5. The van der Waals surface area contributed by atoms with E-state index in [0.29, 0.717) is 18.2 Å². The van der Waals surface area contributed by atoms with E-state index in [-0.39, 0.29) is 0 Å². The van der Waals surface area contributed by atoms with E-state index in [2.05, 4.69) is 15.1 Å². The van der Waals surface area contributed by atoms with Crippen LogP contribution in [0.5, 0.6) is 11.5 Å². The first-order valence-electron chi connectivity index (χ1n) is 9.51. The van der Waals surface area contributed by atoms with Crippen molar-refractivity contribution in [3.05, 3.63) is 64.9 Å². The zero-order valence-corrected chi connectivity index (χ0v) is 16.6. The molecule has 1 unspecified atom stereocenters. The molecule has 6 heteroatoms. The van der Waals surface area contributed by atoms with E-state index in [1.165, 1.54) is 5.69 Å². The smallest absolute Gasteiger partial charge is 0.120 e. The number of benzene rings is 2. The highest BCUT2D eigenvalue weighted by atomic mass is 35.5. The minimum absolute atomic E-state index is 0.311. The number of nitrogens with one attached hydrogen (secondary N) is 1. The van der Waals surface area contributed by atoms with Crippen LogP contribution in [-0.2, 0) is 6.54 Å². The first kappa shape index (κ1) is 18.8. The lowest BCUT2D eigenvalue weighted by Crippen LogP contribution is -2.34. The van der Waals surface area contributed by atoms with Gasteiger partial charge in [-0.25, -0.2) is 0 Å². The maximum absolute atomic E-state index is 10.2. The molecular formula is C22H24ClN3O2. The molecule has 0 amide bonds. The predicted molar refractivity (Wildman–Crippen MR) is 111 cm³/mol. The van der Waals surface area contributed by atoms with E-state index >= 15 is 0 Å². The lowest BCUT2D eigenvalue weighted by atomic mass is 9.90. The first-order valence-corrected chi connectivity index (χ1v) is 9.89. The quantitative estimate of drug-likeness (QED) is 0.647. The van der Waals surface area contributed by atoms with Gasteiger partial charge in [-0.3, -0.25) is 10.00 Å². The maximum atomic E-state index is 10.2. The molecule has 1 aliphatic heterocycles. The Kier molecular flexibility index (Phi) is 5.55. The number of phenolic OH excluding ortho intramolecular Hbond substituents is 1. The first-order chi connectivity index (χ1) is 13.6. The second kappa shape index (κ2) is 8.25. The fourth-order valence-corrected chi connectivity index (χ4v) is 4.08. The highest BCUT2D eigenvalue weighted by Gasteiger charge is 2.25. The summed E-state index contributed by atoms with van der Waals surface area (Å²) in [4.78, 5) is 2.38. The van der Waals surface area contributed by atoms with Crippen LogP contribution in [0, 0.1) is 0 Å². The van der Waals surface area contributed by atoms with Gasteiger partial charge < -0.3 is 9.84 Å². The Bertz CT molecular complexity index is 939. The third-order valence-corrected chi connectivity index (χ3v) is 5.67. The summed E-state index contributed by atoms with van der Waals surface area (Å²) in [6.45, 7) is 2.63. The number of halogens is 1. The number of methoxy groups -OCH3 is 1. The number of ether oxygens (including phenoxy) is 1. The topological polar surface area (TPSA) is 61.4 Å². The molecular weight excluding hydrogens is 374 g/mol. The number of nitrogens with zero attached hydrogens (tertiary/aromatic N) is 2. The van der Waals surface area contributed by atoms with Gasteiger partial charge in [0.1, 0.15) is 11.5 Å². The number of aromatic amines is 1. The number of likely N-dealkylation sites (tertiary alicyclic amines) is 1. The third kappa shape index (κ3) is 4.01. The van der Waals surface area contributed by atoms with Crippen molar-refractivity contribution in [2.24, 2.45) is 0 Å². The summed E-state index contributed by atoms with van der Waals surface area (Å²) in [6.07, 6.45) is 4.11. The molecule has 1 aliphatic rings. The monoisotopic (exact) mass is 397 g/mol. The summed E-state index contributed by atoms with van der Waals surface area (Å²) in [6, 6.07) is 13.3. The van der Waals surface area contributed by atoms with Gasteiger partial charge in [-0.05, 0) is 55.3 Å². The second-order valence-electron chi connectivity index (χ2n) is 7.27. The molecule has 146 valence electrons. The van der Waals surface area contributed by atoms with Gasteiger partial charge in [0.15, 0.2) is 0 Å². The van der Waals surface area contributed by atoms with Crippen LogP contribution < -0.4 is 4.74 Å². The Labute approximate surface area is 169 Å². The summed E-state index contributed by atoms with van der Waals surface area (Å²) in [5.41, 5.74) is 4.31. The van der Waals surface area contributed by atoms with Crippen molar-refractivity contribution in [2.75, 3.05) is 20.2 Å². The van der Waals surface area contributed by atoms with E-state index in [1.54, 1.807) is 19.2 Å². The highest BCUT2D eigenvalue weighted by Crippen LogP contribution is 2.34. The van der Waals surface area contributed by atoms with Gasteiger partial charge in [-0.1, -0.05) is 23.7 Å². The molecule has 1 fully saturated rings. The van der Waals surface area contributed by atoms with E-state index < -0.39 is 0 Å². The molecule has 2 N–H and O–H groups in total. The van der Waals surface area contributed by atoms with E-state index in [1.807, 2.05) is 36.5 Å². The summed E-state index contributed by atoms with van der Waals surface area (Å²) in [5.74, 6) is 1.45. The molecule has 0 aliphatic carbocycles. The number of piperidine rings is 1. The Morgan fingerprint density at radius 3 is 2.86 bits per heavy atom. The van der Waals surface area contributed by atoms with Crippen LogP contribution >= 0.6 is 11.6 Å². The molecule has 0 bridgehead atoms. The van der Waals surface area contributed by atoms with E-state index in [4.69, 9.17) is 16.3 Å². The molecule has 5 nitrogen and oxygen atoms in total. The molecule has 2 aromatic carbocycles. The Balaban J connectivity index is 1.52. The van der Waals surface area contributed by atoms with Crippen LogP contribution in [0.2, 0.25) is 5.02 Å². The number of rotatable bonds is 5. The van der Waals surface area contributed by atoms with Crippen LogP contribution in [0.1, 0.15) is 30.0 Å². The van der Waals surface area contributed by atoms with Gasteiger partial charge in [-0.15, -0.1) is 0 Å². The van der Waals surface area contributed by atoms with Crippen molar-refractivity contribution in [2.45, 2.75) is 25.3 Å². The summed E-state index contributed by atoms with van der Waals surface area (Å²) >= 11 is 6.03. The zero-order valence-electron chi connectivity index (χ0n) is 15.9. The van der Waals surface area contributed by atoms with Crippen LogP contribution in [0.3, 0.4) is 0 Å². The largest absolute Gasteiger partial charge is 0.508 e. The number of H-pyrrole nitrogens is 1. The molecule has 1 aromatic heterocycles. The van der Waals surface area contributed by atoms with Gasteiger partial charge in [-0.2, -0.15) is 5.10 Å². The van der Waals surface area contributed by atoms with Crippen molar-refractivity contribution in [1.82, 2.24) is 15.1 Å². The van der Waals surface area contributed by atoms with E-state index in [0.717, 1.165) is 53.4 Å². The predicted octanol–water partition coefficient (Wildman–Crippen LogP) is 4.82. The van der Waals surface area contributed by atoms with Crippen LogP contribution in [0.25, 0.3) is 11.1 Å². The number of aromatic hydroxyl groups is 1. The number of phenols is 1. The number of hydrogen-bond donors (Lipinski definition) is 2. The third-order valence-electron chi connectivity index (χ3n) is 5.42. The maximum Gasteiger partial charge on any atom is 0.120 e. The summed E-state index contributed by atoms with van der Waals surface area (Å²) < 4.78 is 5.30. The Morgan fingerprint density at radius 1 is 1.25 bits per heavy atom. The average Bonchev–Trinajstić information content (AvgIpc) is 3.20. The average molecular weight is 398 g/mol. The zero-order chi connectivity index (χ0) is 19.5. The summed E-state index contributed by atoms with van der Waals surface area (Å²) in [7, 11) is 1.64. The lowest BCUT2D eigenvalue weighted by molar-refractivity contribution is 0.196. The minimum Gasteiger partial charge on any atom is -0.508 e. The van der Waals surface area contributed by atoms with Gasteiger partial charge in [0.25, 0.3) is 0 Å². The molecule has 28 heavy (non-hydrogen) atoms. The van der Waals surface area contributed by atoms with Crippen LogP contribution in [-0.4, -0.2) is 40.4 Å². The molecule has 0 spiro atoms. The highest BCUT2D eigenvalue weighted by molar-refractivity contribution is 6.30. The molecule has 4 rings (SSSR count). The number of aromatic nitrogens is 2. The van der Waals surface area contributed by atoms with Crippen LogP contribution in [0.15, 0.2) is 48.7 Å². The molecule has 0 saturated carbocycles. The Morgan fingerprint density at radius 2 is 2.07 bits per heavy atom. The molecule has 0 radical (unpaired) electrons. The standard InChI is InChI=1S/C22H24ClN3O2/c1-28-19-8-9-21(27)17(11-19)14-26-10-2-3-16(13-26)22-20(12-24-25-22)15-4-6-18(23)7-5-15/h4-9,11-12,16,27H,2-3,10,13-14H2,1H3,(H,24,25). The van der Waals surface area contributed by atoms with Crippen molar-refractivity contribution < 1.29 is 9.84 Å². The van der Waals surface area contributed by atoms with E-state index in [9.17, 15) is 5.11 Å². The SMILES string of the molecule is COc1ccc(O)c(CN2CCCC(c3[nH]ncc3-c3ccc(Cl)cc3)C2)c1. The lowest BCUT2D eigenvalue weighted by Gasteiger charge is -2.33. The molecule has 2 heterocycles. The molecule has 1 atom stereocenters. The number of hydrogen-bond acceptors (Lipinski definition) is 4. The fraction of sp³-hybridized carbons (Fsp3) is 0.318. The fourth-order valence-electron chi connectivity index (χ4n) is 3.96. The Hall–Kier alpha value is -2.50. The minimum atomic E-state index is 0.311. The van der Waals surface area contributed by atoms with Gasteiger partial charge >= 0.3 is 0 Å². The molecule has 3 aromatic rings. The van der Waals surface area contributed by atoms with Gasteiger partial charge in [0, 0.05) is 40.9 Å². The van der Waals surface area contributed by atoms with Gasteiger partial charge in [0.2, 0.25) is 0 Å². The van der Waals surface area contributed by atoms with Crippen molar-refractivity contribution in [3.63, 3.8) is 0 Å². The van der Waals surface area contributed by atoms with Gasteiger partial charge in [0.05, 0.1) is 13.3 Å². The van der Waals surface area contributed by atoms with Crippen molar-refractivity contribution in [3.8, 4) is 22.6 Å². The van der Waals surface area contributed by atoms with Crippen molar-refractivity contribution >= 4 is 11.6 Å². The normalized spacial score (nSPS) is 17.6. The van der Waals surface area contributed by atoms with Crippen molar-refractivity contribution in [1.29, 1.82) is 0 Å².